The molecular weight excluding hydrogens is 256 g/mol. The number of carbonyl (C=O) groups excluding carboxylic acids is 1. The molecule has 0 aliphatic heterocycles. The third kappa shape index (κ3) is 2.16. The number of aromatic nitrogens is 4. The van der Waals surface area contributed by atoms with Gasteiger partial charge in [0.1, 0.15) is 17.5 Å². The van der Waals surface area contributed by atoms with E-state index >= 15 is 0 Å². The molecule has 20 heavy (non-hydrogen) atoms. The molecule has 1 amide bonds. The van der Waals surface area contributed by atoms with E-state index < -0.39 is 5.91 Å². The summed E-state index contributed by atoms with van der Waals surface area (Å²) in [4.78, 5) is 26.8. The van der Waals surface area contributed by atoms with Crippen molar-refractivity contribution in [2.45, 2.75) is 6.42 Å². The molecule has 0 unspecified atom stereocenters. The predicted octanol–water partition coefficient (Wildman–Crippen LogP) is 0.625. The second-order valence-corrected chi connectivity index (χ2v) is 4.33. The summed E-state index contributed by atoms with van der Waals surface area (Å²) in [5.41, 5.74) is 12.8. The van der Waals surface area contributed by atoms with E-state index in [0.29, 0.717) is 12.2 Å². The molecule has 7 heteroatoms. The molecule has 0 atom stereocenters. The number of fused-ring (bicyclic) bond motifs is 1. The van der Waals surface area contributed by atoms with Crippen molar-refractivity contribution in [3.63, 3.8) is 0 Å². The van der Waals surface area contributed by atoms with Crippen molar-refractivity contribution in [3.8, 4) is 0 Å². The Kier molecular flexibility index (Phi) is 2.79. The molecular formula is C13H12N6O. The molecule has 0 aliphatic carbocycles. The molecule has 2 aromatic heterocycles. The minimum absolute atomic E-state index is 0.0820. The number of anilines is 1. The first-order valence-corrected chi connectivity index (χ1v) is 5.98. The van der Waals surface area contributed by atoms with Gasteiger partial charge in [0, 0.05) is 6.20 Å². The zero-order valence-electron chi connectivity index (χ0n) is 10.5. The lowest BCUT2D eigenvalue weighted by Crippen LogP contribution is -2.16. The number of nitrogens with one attached hydrogen (secondary N) is 1. The zero-order chi connectivity index (χ0) is 14.1. The maximum atomic E-state index is 11.1. The largest absolute Gasteiger partial charge is 0.383 e. The van der Waals surface area contributed by atoms with E-state index in [1.807, 2.05) is 24.3 Å². The van der Waals surface area contributed by atoms with Crippen LogP contribution in [0.2, 0.25) is 0 Å². The summed E-state index contributed by atoms with van der Waals surface area (Å²) in [6.45, 7) is 0. The number of nitrogens with zero attached hydrogens (tertiary/aromatic N) is 3. The van der Waals surface area contributed by atoms with Gasteiger partial charge < -0.3 is 16.5 Å². The van der Waals surface area contributed by atoms with Crippen LogP contribution in [0, 0.1) is 0 Å². The van der Waals surface area contributed by atoms with Gasteiger partial charge in [-0.15, -0.1) is 0 Å². The average molecular weight is 268 g/mol. The second kappa shape index (κ2) is 4.61. The Balaban J connectivity index is 1.90. The zero-order valence-corrected chi connectivity index (χ0v) is 10.5. The topological polar surface area (TPSA) is 124 Å². The van der Waals surface area contributed by atoms with Crippen LogP contribution >= 0.6 is 0 Å². The van der Waals surface area contributed by atoms with Gasteiger partial charge >= 0.3 is 0 Å². The van der Waals surface area contributed by atoms with E-state index in [-0.39, 0.29) is 11.4 Å². The predicted molar refractivity (Wildman–Crippen MR) is 73.9 cm³/mol. The highest BCUT2D eigenvalue weighted by molar-refractivity contribution is 5.96. The van der Waals surface area contributed by atoms with Gasteiger partial charge in [-0.3, -0.25) is 4.79 Å². The van der Waals surface area contributed by atoms with Crippen LogP contribution in [0.15, 0.2) is 30.5 Å². The van der Waals surface area contributed by atoms with Crippen LogP contribution in [0.1, 0.15) is 22.0 Å². The van der Waals surface area contributed by atoms with Crippen LogP contribution in [-0.4, -0.2) is 25.8 Å². The summed E-state index contributed by atoms with van der Waals surface area (Å²) in [6, 6.07) is 7.71. The second-order valence-electron chi connectivity index (χ2n) is 4.33. The third-order valence-corrected chi connectivity index (χ3v) is 2.90. The molecule has 2 heterocycles. The van der Waals surface area contributed by atoms with Crippen LogP contribution in [-0.2, 0) is 6.42 Å². The lowest BCUT2D eigenvalue weighted by Gasteiger charge is -2.02. The average Bonchev–Trinajstić information content (AvgIpc) is 2.80. The van der Waals surface area contributed by atoms with E-state index in [4.69, 9.17) is 11.5 Å². The monoisotopic (exact) mass is 268 g/mol. The standard InChI is InChI=1S/C13H12N6O/c14-12-7(13(15)20)6-16-10(19-12)5-11-17-8-3-1-2-4-9(8)18-11/h1-4,6H,5H2,(H2,15,20)(H,17,18)(H2,14,16,19). The molecule has 0 saturated carbocycles. The highest BCUT2D eigenvalue weighted by Crippen LogP contribution is 2.13. The summed E-state index contributed by atoms with van der Waals surface area (Å²) in [7, 11) is 0. The quantitative estimate of drug-likeness (QED) is 0.642. The maximum Gasteiger partial charge on any atom is 0.254 e. The fourth-order valence-corrected chi connectivity index (χ4v) is 1.95. The van der Waals surface area contributed by atoms with Gasteiger partial charge in [0.05, 0.1) is 23.0 Å². The first-order chi connectivity index (χ1) is 9.63. The lowest BCUT2D eigenvalue weighted by atomic mass is 10.3. The number of H-pyrrole nitrogens is 1. The molecule has 0 saturated heterocycles. The van der Waals surface area contributed by atoms with Crippen LogP contribution in [0.3, 0.4) is 0 Å². The van der Waals surface area contributed by atoms with Crippen molar-refractivity contribution >= 4 is 22.8 Å². The van der Waals surface area contributed by atoms with Gasteiger partial charge in [-0.1, -0.05) is 12.1 Å². The van der Waals surface area contributed by atoms with E-state index in [1.54, 1.807) is 0 Å². The number of aromatic amines is 1. The number of benzene rings is 1. The number of hydrogen-bond donors (Lipinski definition) is 3. The van der Waals surface area contributed by atoms with Crippen LogP contribution in [0.5, 0.6) is 0 Å². The van der Waals surface area contributed by atoms with Crippen LogP contribution in [0.25, 0.3) is 11.0 Å². The van der Waals surface area contributed by atoms with Crippen molar-refractivity contribution < 1.29 is 4.79 Å². The smallest absolute Gasteiger partial charge is 0.254 e. The molecule has 0 aliphatic rings. The van der Waals surface area contributed by atoms with E-state index in [9.17, 15) is 4.79 Å². The van der Waals surface area contributed by atoms with Gasteiger partial charge in [-0.2, -0.15) is 0 Å². The minimum atomic E-state index is -0.641. The normalized spacial score (nSPS) is 10.8. The molecule has 100 valence electrons. The Morgan fingerprint density at radius 1 is 1.25 bits per heavy atom. The van der Waals surface area contributed by atoms with Gasteiger partial charge in [-0.05, 0) is 12.1 Å². The first kappa shape index (κ1) is 12.1. The molecule has 5 N–H and O–H groups in total. The number of amides is 1. The van der Waals surface area contributed by atoms with Crippen LogP contribution < -0.4 is 11.5 Å². The Morgan fingerprint density at radius 2 is 2.05 bits per heavy atom. The van der Waals surface area contributed by atoms with Gasteiger partial charge in [0.15, 0.2) is 0 Å². The molecule has 0 bridgehead atoms. The highest BCUT2D eigenvalue weighted by Gasteiger charge is 2.11. The molecule has 3 rings (SSSR count). The minimum Gasteiger partial charge on any atom is -0.383 e. The Labute approximate surface area is 114 Å². The number of carbonyl (C=O) groups is 1. The Morgan fingerprint density at radius 3 is 2.75 bits per heavy atom. The number of nitrogens with two attached hydrogens (primary N) is 2. The molecule has 0 fully saturated rings. The molecule has 7 nitrogen and oxygen atoms in total. The number of hydrogen-bond acceptors (Lipinski definition) is 5. The Bertz CT molecular complexity index is 761. The third-order valence-electron chi connectivity index (χ3n) is 2.90. The van der Waals surface area contributed by atoms with Gasteiger partial charge in [-0.25, -0.2) is 15.0 Å². The SMILES string of the molecule is NC(=O)c1cnc(Cc2nc3ccccc3[nH]2)nc1N. The van der Waals surface area contributed by atoms with E-state index in [2.05, 4.69) is 19.9 Å². The van der Waals surface area contributed by atoms with Crippen LogP contribution in [0.4, 0.5) is 5.82 Å². The van der Waals surface area contributed by atoms with Gasteiger partial charge in [0.2, 0.25) is 0 Å². The number of para-hydroxylation sites is 2. The summed E-state index contributed by atoms with van der Waals surface area (Å²) in [5, 5.41) is 0. The maximum absolute atomic E-state index is 11.1. The highest BCUT2D eigenvalue weighted by atomic mass is 16.1. The van der Waals surface area contributed by atoms with Crippen molar-refractivity contribution in [1.29, 1.82) is 0 Å². The molecule has 0 spiro atoms. The first-order valence-electron chi connectivity index (χ1n) is 5.98. The fraction of sp³-hybridized carbons (Fsp3) is 0.0769. The Hall–Kier alpha value is -2.96. The number of primary amides is 1. The van der Waals surface area contributed by atoms with E-state index in [1.165, 1.54) is 6.20 Å². The number of imidazole rings is 1. The van der Waals surface area contributed by atoms with Crippen molar-refractivity contribution in [2.24, 2.45) is 5.73 Å². The molecule has 1 aromatic carbocycles. The van der Waals surface area contributed by atoms with Crippen molar-refractivity contribution in [2.75, 3.05) is 5.73 Å². The number of nitrogen functional groups attached to an aromatic ring is 1. The van der Waals surface area contributed by atoms with Gasteiger partial charge in [0.25, 0.3) is 5.91 Å². The lowest BCUT2D eigenvalue weighted by molar-refractivity contribution is 0.100. The summed E-state index contributed by atoms with van der Waals surface area (Å²) >= 11 is 0. The number of rotatable bonds is 3. The van der Waals surface area contributed by atoms with E-state index in [0.717, 1.165) is 16.9 Å². The van der Waals surface area contributed by atoms with Crippen molar-refractivity contribution in [1.82, 2.24) is 19.9 Å². The molecule has 0 radical (unpaired) electrons. The molecule has 3 aromatic rings. The summed E-state index contributed by atoms with van der Waals surface area (Å²) < 4.78 is 0. The summed E-state index contributed by atoms with van der Waals surface area (Å²) in [5.74, 6) is 0.653. The summed E-state index contributed by atoms with van der Waals surface area (Å²) in [6.07, 6.45) is 1.74. The van der Waals surface area contributed by atoms with Crippen molar-refractivity contribution in [3.05, 3.63) is 47.7 Å². The fourth-order valence-electron chi connectivity index (χ4n) is 1.95.